The Morgan fingerprint density at radius 2 is 2.04 bits per heavy atom. The van der Waals surface area contributed by atoms with Gasteiger partial charge in [-0.3, -0.25) is 14.9 Å². The average molecular weight is 381 g/mol. The molecule has 2 heterocycles. The smallest absolute Gasteiger partial charge is 0.269 e. The highest BCUT2D eigenvalue weighted by Crippen LogP contribution is 2.33. The van der Waals surface area contributed by atoms with E-state index < -0.39 is 4.92 Å². The molecule has 0 radical (unpaired) electrons. The molecule has 0 spiro atoms. The van der Waals surface area contributed by atoms with Gasteiger partial charge in [0.05, 0.1) is 16.7 Å². The van der Waals surface area contributed by atoms with Crippen molar-refractivity contribution in [1.29, 1.82) is 0 Å². The molecule has 8 nitrogen and oxygen atoms in total. The monoisotopic (exact) mass is 381 g/mol. The molecular formula is C20H19N3O5. The van der Waals surface area contributed by atoms with E-state index in [9.17, 15) is 14.9 Å². The first-order valence-electron chi connectivity index (χ1n) is 9.09. The highest BCUT2D eigenvalue weighted by molar-refractivity contribution is 6.14. The lowest BCUT2D eigenvalue weighted by molar-refractivity contribution is -0.384. The number of non-ortho nitro benzene ring substituents is 1. The Morgan fingerprint density at radius 3 is 2.71 bits per heavy atom. The van der Waals surface area contributed by atoms with E-state index in [1.54, 1.807) is 19.1 Å². The lowest BCUT2D eigenvalue weighted by atomic mass is 9.92. The van der Waals surface area contributed by atoms with Crippen molar-refractivity contribution < 1.29 is 19.5 Å². The van der Waals surface area contributed by atoms with Crippen LogP contribution in [0, 0.1) is 10.1 Å². The molecule has 4 rings (SSSR count). The highest BCUT2D eigenvalue weighted by Gasteiger charge is 2.29. The molecule has 2 aliphatic rings. The molecule has 28 heavy (non-hydrogen) atoms. The van der Waals surface area contributed by atoms with Crippen molar-refractivity contribution in [3.63, 3.8) is 0 Å². The van der Waals surface area contributed by atoms with Crippen molar-refractivity contribution >= 4 is 17.3 Å². The quantitative estimate of drug-likeness (QED) is 0.462. The van der Waals surface area contributed by atoms with Crippen LogP contribution in [-0.2, 0) is 22.7 Å². The molecule has 0 N–H and O–H groups in total. The zero-order chi connectivity index (χ0) is 19.8. The Morgan fingerprint density at radius 1 is 1.29 bits per heavy atom. The number of benzene rings is 2. The second-order valence-corrected chi connectivity index (χ2v) is 6.86. The predicted molar refractivity (Wildman–Crippen MR) is 101 cm³/mol. The van der Waals surface area contributed by atoms with Gasteiger partial charge in [-0.2, -0.15) is 9.99 Å². The summed E-state index contributed by atoms with van der Waals surface area (Å²) in [5, 5.41) is 17.2. The van der Waals surface area contributed by atoms with Crippen LogP contribution in [0.3, 0.4) is 0 Å². The molecule has 2 aromatic rings. The molecular weight excluding hydrogens is 362 g/mol. The number of hydrogen-bond acceptors (Lipinski definition) is 6. The van der Waals surface area contributed by atoms with E-state index >= 15 is 0 Å². The zero-order valence-electron chi connectivity index (χ0n) is 15.5. The summed E-state index contributed by atoms with van der Waals surface area (Å²) in [5.41, 5.74) is 4.07. The number of fused-ring (bicyclic) bond motifs is 2. The van der Waals surface area contributed by atoms with Crippen molar-refractivity contribution in [2.45, 2.75) is 39.3 Å². The van der Waals surface area contributed by atoms with E-state index in [1.165, 1.54) is 17.1 Å². The number of nitrogens with zero attached hydrogens (tertiary/aromatic N) is 3. The van der Waals surface area contributed by atoms with Crippen molar-refractivity contribution in [2.24, 2.45) is 5.10 Å². The maximum atomic E-state index is 12.5. The van der Waals surface area contributed by atoms with E-state index in [1.807, 2.05) is 19.1 Å². The standard InChI is InChI=1S/C20H19N3O5/c1-3-19(24)22-12(2)8-14-10-18-15(11-27-28-18)9-17(14)20(21-22)13-4-6-16(7-5-13)23(25)26/h4-7,9-10,12H,3,8,11H2,1-2H3. The van der Waals surface area contributed by atoms with E-state index in [4.69, 9.17) is 9.78 Å². The van der Waals surface area contributed by atoms with Crippen LogP contribution in [0.2, 0.25) is 0 Å². The summed E-state index contributed by atoms with van der Waals surface area (Å²) >= 11 is 0. The number of nitro groups is 1. The Bertz CT molecular complexity index is 984. The molecule has 0 aliphatic carbocycles. The van der Waals surface area contributed by atoms with Gasteiger partial charge in [0, 0.05) is 35.2 Å². The number of hydrogen-bond donors (Lipinski definition) is 0. The fourth-order valence-corrected chi connectivity index (χ4v) is 3.49. The van der Waals surface area contributed by atoms with E-state index in [-0.39, 0.29) is 17.6 Å². The molecule has 1 unspecified atom stereocenters. The lowest BCUT2D eigenvalue weighted by Crippen LogP contribution is -2.34. The second-order valence-electron chi connectivity index (χ2n) is 6.86. The van der Waals surface area contributed by atoms with Crippen LogP contribution in [0.5, 0.6) is 5.75 Å². The maximum absolute atomic E-state index is 12.5. The zero-order valence-corrected chi connectivity index (χ0v) is 15.5. The van der Waals surface area contributed by atoms with E-state index in [2.05, 4.69) is 5.10 Å². The summed E-state index contributed by atoms with van der Waals surface area (Å²) in [5.74, 6) is 0.594. The Labute approximate surface area is 161 Å². The van der Waals surface area contributed by atoms with Gasteiger partial charge in [0.1, 0.15) is 6.61 Å². The van der Waals surface area contributed by atoms with E-state index in [0.29, 0.717) is 36.5 Å². The molecule has 2 aliphatic heterocycles. The van der Waals surface area contributed by atoms with Gasteiger partial charge in [-0.1, -0.05) is 6.92 Å². The van der Waals surface area contributed by atoms with Gasteiger partial charge in [0.2, 0.25) is 5.91 Å². The summed E-state index contributed by atoms with van der Waals surface area (Å²) in [7, 11) is 0. The average Bonchev–Trinajstić information content (AvgIpc) is 3.09. The number of rotatable bonds is 3. The Kier molecular flexibility index (Phi) is 4.56. The number of carbonyl (C=O) groups is 1. The molecule has 2 aromatic carbocycles. The third-order valence-electron chi connectivity index (χ3n) is 4.95. The molecule has 0 fully saturated rings. The molecule has 144 valence electrons. The Hall–Kier alpha value is -3.26. The van der Waals surface area contributed by atoms with Gasteiger partial charge in [-0.25, -0.2) is 5.01 Å². The highest BCUT2D eigenvalue weighted by atomic mass is 17.2. The van der Waals surface area contributed by atoms with Crippen LogP contribution in [0.4, 0.5) is 5.69 Å². The molecule has 1 amide bonds. The minimum Gasteiger partial charge on any atom is -0.337 e. The summed E-state index contributed by atoms with van der Waals surface area (Å²) in [6.07, 6.45) is 0.947. The van der Waals surface area contributed by atoms with Crippen LogP contribution in [0.1, 0.15) is 42.5 Å². The normalized spacial score (nSPS) is 17.9. The number of amides is 1. The molecule has 1 atom stereocenters. The van der Waals surface area contributed by atoms with Crippen LogP contribution >= 0.6 is 0 Å². The summed E-state index contributed by atoms with van der Waals surface area (Å²) in [6, 6.07) is 9.95. The number of nitro benzene ring substituents is 1. The molecule has 8 heteroatoms. The SMILES string of the molecule is CCC(=O)N1N=C(c2ccc([N+](=O)[O-])cc2)c2cc3c(cc2CC1C)OOC3. The van der Waals surface area contributed by atoms with Crippen molar-refractivity contribution in [3.8, 4) is 5.75 Å². The first-order chi connectivity index (χ1) is 13.5. The van der Waals surface area contributed by atoms with Gasteiger partial charge < -0.3 is 4.89 Å². The van der Waals surface area contributed by atoms with Gasteiger partial charge in [0.25, 0.3) is 5.69 Å². The Balaban J connectivity index is 1.88. The largest absolute Gasteiger partial charge is 0.337 e. The molecule has 0 saturated carbocycles. The van der Waals surface area contributed by atoms with Gasteiger partial charge in [-0.05, 0) is 43.2 Å². The van der Waals surface area contributed by atoms with Gasteiger partial charge >= 0.3 is 0 Å². The third kappa shape index (κ3) is 3.11. The fourth-order valence-electron chi connectivity index (χ4n) is 3.49. The van der Waals surface area contributed by atoms with Crippen LogP contribution in [0.25, 0.3) is 0 Å². The first kappa shape index (κ1) is 18.1. The van der Waals surface area contributed by atoms with Gasteiger partial charge in [0.15, 0.2) is 5.75 Å². The van der Waals surface area contributed by atoms with Crippen LogP contribution < -0.4 is 4.89 Å². The minimum absolute atomic E-state index is 0.00353. The fraction of sp³-hybridized carbons (Fsp3) is 0.300. The molecule has 0 aromatic heterocycles. The molecule has 0 saturated heterocycles. The number of carbonyl (C=O) groups excluding carboxylic acids is 1. The van der Waals surface area contributed by atoms with Crippen LogP contribution in [-0.4, -0.2) is 27.6 Å². The van der Waals surface area contributed by atoms with Crippen LogP contribution in [0.15, 0.2) is 41.5 Å². The lowest BCUT2D eigenvalue weighted by Gasteiger charge is -2.22. The second kappa shape index (κ2) is 7.05. The van der Waals surface area contributed by atoms with Crippen molar-refractivity contribution in [2.75, 3.05) is 0 Å². The minimum atomic E-state index is -0.441. The summed E-state index contributed by atoms with van der Waals surface area (Å²) < 4.78 is 0. The summed E-state index contributed by atoms with van der Waals surface area (Å²) in [6.45, 7) is 4.08. The van der Waals surface area contributed by atoms with E-state index in [0.717, 1.165) is 16.7 Å². The summed E-state index contributed by atoms with van der Waals surface area (Å²) in [4.78, 5) is 33.3. The number of hydrazone groups is 1. The predicted octanol–water partition coefficient (Wildman–Crippen LogP) is 3.35. The maximum Gasteiger partial charge on any atom is 0.269 e. The van der Waals surface area contributed by atoms with Gasteiger partial charge in [-0.15, -0.1) is 0 Å². The third-order valence-corrected chi connectivity index (χ3v) is 4.95. The topological polar surface area (TPSA) is 94.3 Å². The molecule has 0 bridgehead atoms. The van der Waals surface area contributed by atoms with Crippen molar-refractivity contribution in [1.82, 2.24) is 5.01 Å². The van der Waals surface area contributed by atoms with Crippen molar-refractivity contribution in [3.05, 3.63) is 68.8 Å². The first-order valence-corrected chi connectivity index (χ1v) is 9.09.